The van der Waals surface area contributed by atoms with E-state index in [0.29, 0.717) is 25.3 Å². The number of anilines is 1. The Morgan fingerprint density at radius 2 is 1.88 bits per heavy atom. The van der Waals surface area contributed by atoms with Gasteiger partial charge in [0.2, 0.25) is 0 Å². The van der Waals surface area contributed by atoms with E-state index in [4.69, 9.17) is 4.74 Å². The highest BCUT2D eigenvalue weighted by Gasteiger charge is 2.48. The summed E-state index contributed by atoms with van der Waals surface area (Å²) >= 11 is 0. The molecule has 0 N–H and O–H groups in total. The number of halogens is 3. The van der Waals surface area contributed by atoms with Gasteiger partial charge in [0.05, 0.1) is 19.8 Å². The quantitative estimate of drug-likeness (QED) is 0.593. The third kappa shape index (κ3) is 3.69. The standard InChI is InChI=1S/C15H17F3N2O4S/c1-19-10-12(20-4-6-23-7-5-20)8-11-9-13(2-3-14(11)19)24-25(21,22)15(16,17)18/h2-3,8-9H,4-7,10H2,1H3. The largest absolute Gasteiger partial charge is 0.534 e. The van der Waals surface area contributed by atoms with Crippen molar-refractivity contribution < 1.29 is 30.5 Å². The Hall–Kier alpha value is -1.94. The maximum Gasteiger partial charge on any atom is 0.534 e. The van der Waals surface area contributed by atoms with Crippen LogP contribution in [0, 0.1) is 0 Å². The summed E-state index contributed by atoms with van der Waals surface area (Å²) in [5.74, 6) is -0.371. The average Bonchev–Trinajstić information content (AvgIpc) is 2.54. The highest BCUT2D eigenvalue weighted by Crippen LogP contribution is 2.34. The van der Waals surface area contributed by atoms with Crippen molar-refractivity contribution in [2.45, 2.75) is 5.51 Å². The number of ether oxygens (including phenoxy) is 1. The zero-order valence-electron chi connectivity index (χ0n) is 13.4. The van der Waals surface area contributed by atoms with Crippen LogP contribution in [0.4, 0.5) is 18.9 Å². The number of nitrogens with zero attached hydrogens (tertiary/aromatic N) is 2. The molecule has 0 radical (unpaired) electrons. The Morgan fingerprint density at radius 3 is 2.52 bits per heavy atom. The Morgan fingerprint density at radius 1 is 1.20 bits per heavy atom. The van der Waals surface area contributed by atoms with Gasteiger partial charge in [-0.25, -0.2) is 0 Å². The van der Waals surface area contributed by atoms with Gasteiger partial charge in [-0.2, -0.15) is 21.6 Å². The molecule has 0 aliphatic carbocycles. The topological polar surface area (TPSA) is 59.1 Å². The summed E-state index contributed by atoms with van der Waals surface area (Å²) in [6.45, 7) is 3.33. The predicted octanol–water partition coefficient (Wildman–Crippen LogP) is 2.04. The summed E-state index contributed by atoms with van der Waals surface area (Å²) < 4.78 is 69.3. The molecule has 2 heterocycles. The second-order valence-corrected chi connectivity index (χ2v) is 7.33. The zero-order valence-corrected chi connectivity index (χ0v) is 14.2. The molecule has 1 aromatic carbocycles. The molecule has 0 amide bonds. The van der Waals surface area contributed by atoms with E-state index in [0.717, 1.165) is 24.5 Å². The number of fused-ring (bicyclic) bond motifs is 1. The lowest BCUT2D eigenvalue weighted by atomic mass is 10.1. The van der Waals surface area contributed by atoms with Gasteiger partial charge in [-0.15, -0.1) is 0 Å². The number of morpholine rings is 1. The molecule has 2 aliphatic heterocycles. The van der Waals surface area contributed by atoms with E-state index in [1.807, 2.05) is 18.0 Å². The van der Waals surface area contributed by atoms with Crippen molar-refractivity contribution in [2.24, 2.45) is 0 Å². The molecule has 0 aromatic heterocycles. The van der Waals surface area contributed by atoms with Gasteiger partial charge in [0, 0.05) is 37.1 Å². The molecule has 0 saturated carbocycles. The molecule has 138 valence electrons. The Bertz CT molecular complexity index is 786. The molecule has 0 spiro atoms. The smallest absolute Gasteiger partial charge is 0.378 e. The van der Waals surface area contributed by atoms with Crippen LogP contribution in [0.3, 0.4) is 0 Å². The van der Waals surface area contributed by atoms with Crippen LogP contribution in [0.1, 0.15) is 5.56 Å². The van der Waals surface area contributed by atoms with Gasteiger partial charge < -0.3 is 18.7 Å². The van der Waals surface area contributed by atoms with E-state index in [1.54, 1.807) is 6.07 Å². The van der Waals surface area contributed by atoms with Crippen molar-refractivity contribution >= 4 is 21.9 Å². The number of benzene rings is 1. The lowest BCUT2D eigenvalue weighted by Gasteiger charge is -2.36. The predicted molar refractivity (Wildman–Crippen MR) is 85.7 cm³/mol. The summed E-state index contributed by atoms with van der Waals surface area (Å²) in [7, 11) is -3.83. The van der Waals surface area contributed by atoms with E-state index < -0.39 is 15.6 Å². The van der Waals surface area contributed by atoms with Crippen LogP contribution in [0.15, 0.2) is 23.9 Å². The molecule has 10 heteroatoms. The van der Waals surface area contributed by atoms with E-state index in [9.17, 15) is 21.6 Å². The minimum atomic E-state index is -5.69. The summed E-state index contributed by atoms with van der Waals surface area (Å²) in [5, 5.41) is 0. The van der Waals surface area contributed by atoms with Gasteiger partial charge >= 0.3 is 15.6 Å². The van der Waals surface area contributed by atoms with Gasteiger partial charge in [-0.1, -0.05) is 0 Å². The summed E-state index contributed by atoms with van der Waals surface area (Å²) in [5.41, 5.74) is -3.08. The molecule has 0 unspecified atom stereocenters. The number of likely N-dealkylation sites (N-methyl/N-ethyl adjacent to an activating group) is 1. The van der Waals surface area contributed by atoms with Crippen LogP contribution in [0.25, 0.3) is 6.08 Å². The highest BCUT2D eigenvalue weighted by molar-refractivity contribution is 7.88. The Balaban J connectivity index is 1.90. The third-order valence-corrected chi connectivity index (χ3v) is 5.02. The summed E-state index contributed by atoms with van der Waals surface area (Å²) in [4.78, 5) is 4.09. The van der Waals surface area contributed by atoms with Crippen LogP contribution < -0.4 is 9.08 Å². The first kappa shape index (κ1) is 17.9. The maximum atomic E-state index is 12.5. The number of hydrogen-bond donors (Lipinski definition) is 0. The highest BCUT2D eigenvalue weighted by atomic mass is 32.2. The molecule has 2 aliphatic rings. The van der Waals surface area contributed by atoms with E-state index in [2.05, 4.69) is 9.08 Å². The molecular formula is C15H17F3N2O4S. The van der Waals surface area contributed by atoms with Crippen molar-refractivity contribution in [3.8, 4) is 5.75 Å². The van der Waals surface area contributed by atoms with Crippen molar-refractivity contribution in [2.75, 3.05) is 44.8 Å². The minimum Gasteiger partial charge on any atom is -0.378 e. The minimum absolute atomic E-state index is 0.371. The Kier molecular flexibility index (Phi) is 4.58. The summed E-state index contributed by atoms with van der Waals surface area (Å²) in [6.07, 6.45) is 1.84. The molecule has 6 nitrogen and oxygen atoms in total. The number of alkyl halides is 3. The summed E-state index contributed by atoms with van der Waals surface area (Å²) in [6, 6.07) is 4.06. The second kappa shape index (κ2) is 6.41. The van der Waals surface area contributed by atoms with Crippen LogP contribution in [0.5, 0.6) is 5.75 Å². The molecule has 0 bridgehead atoms. The fraction of sp³-hybridized carbons (Fsp3) is 0.467. The van der Waals surface area contributed by atoms with E-state index in [-0.39, 0.29) is 5.75 Å². The fourth-order valence-electron chi connectivity index (χ4n) is 2.82. The van der Waals surface area contributed by atoms with Crippen LogP contribution >= 0.6 is 0 Å². The SMILES string of the molecule is CN1CC(N2CCOCC2)=Cc2cc(OS(=O)(=O)C(F)(F)F)ccc21. The van der Waals surface area contributed by atoms with Crippen LogP contribution in [-0.4, -0.2) is 58.7 Å². The van der Waals surface area contributed by atoms with Gasteiger partial charge in [0.25, 0.3) is 0 Å². The molecule has 3 rings (SSSR count). The van der Waals surface area contributed by atoms with Gasteiger partial charge in [0.1, 0.15) is 5.75 Å². The monoisotopic (exact) mass is 378 g/mol. The number of hydrogen-bond acceptors (Lipinski definition) is 6. The first-order chi connectivity index (χ1) is 11.7. The second-order valence-electron chi connectivity index (χ2n) is 5.79. The van der Waals surface area contributed by atoms with Crippen molar-refractivity contribution in [1.82, 2.24) is 4.90 Å². The van der Waals surface area contributed by atoms with Crippen molar-refractivity contribution in [1.29, 1.82) is 0 Å². The van der Waals surface area contributed by atoms with E-state index in [1.165, 1.54) is 12.1 Å². The van der Waals surface area contributed by atoms with Gasteiger partial charge in [-0.3, -0.25) is 0 Å². The average molecular weight is 378 g/mol. The van der Waals surface area contributed by atoms with Crippen LogP contribution in [-0.2, 0) is 14.9 Å². The molecule has 25 heavy (non-hydrogen) atoms. The normalized spacial score (nSPS) is 18.6. The van der Waals surface area contributed by atoms with Gasteiger partial charge in [-0.05, 0) is 24.3 Å². The maximum absolute atomic E-state index is 12.5. The molecular weight excluding hydrogens is 361 g/mol. The first-order valence-corrected chi connectivity index (χ1v) is 8.97. The lowest BCUT2D eigenvalue weighted by molar-refractivity contribution is -0.0500. The molecule has 1 aromatic rings. The van der Waals surface area contributed by atoms with Gasteiger partial charge in [0.15, 0.2) is 0 Å². The van der Waals surface area contributed by atoms with Crippen molar-refractivity contribution in [3.63, 3.8) is 0 Å². The molecule has 1 saturated heterocycles. The van der Waals surface area contributed by atoms with Crippen molar-refractivity contribution in [3.05, 3.63) is 29.5 Å². The van der Waals surface area contributed by atoms with Crippen LogP contribution in [0.2, 0.25) is 0 Å². The Labute approximate surface area is 143 Å². The number of rotatable bonds is 3. The zero-order chi connectivity index (χ0) is 18.2. The molecule has 1 fully saturated rings. The fourth-order valence-corrected chi connectivity index (χ4v) is 3.27. The molecule has 0 atom stereocenters. The van der Waals surface area contributed by atoms with E-state index >= 15 is 0 Å². The lowest BCUT2D eigenvalue weighted by Crippen LogP contribution is -2.40. The third-order valence-electron chi connectivity index (χ3n) is 4.04. The first-order valence-electron chi connectivity index (χ1n) is 7.56.